The minimum atomic E-state index is 0.795. The first-order valence-electron chi connectivity index (χ1n) is 5.25. The van der Waals surface area contributed by atoms with Crippen LogP contribution in [0.5, 0.6) is 0 Å². The smallest absolute Gasteiger partial charge is 0.0506 e. The van der Waals surface area contributed by atoms with Gasteiger partial charge >= 0.3 is 0 Å². The van der Waals surface area contributed by atoms with E-state index >= 15 is 0 Å². The molecule has 78 valence electrons. The van der Waals surface area contributed by atoms with Gasteiger partial charge in [0, 0.05) is 12.3 Å². The average molecular weight is 193 g/mol. The Hall–Kier alpha value is -1.02. The van der Waals surface area contributed by atoms with Crippen molar-refractivity contribution < 1.29 is 4.74 Å². The Labute approximate surface area is 86.1 Å². The van der Waals surface area contributed by atoms with E-state index in [1.807, 2.05) is 18.2 Å². The summed E-state index contributed by atoms with van der Waals surface area (Å²) in [7, 11) is 0. The minimum Gasteiger partial charge on any atom is -0.399 e. The van der Waals surface area contributed by atoms with Crippen LogP contribution in [0.2, 0.25) is 0 Å². The molecule has 0 aliphatic heterocycles. The number of hydrogen-bond acceptors (Lipinski definition) is 2. The molecule has 0 amide bonds. The van der Waals surface area contributed by atoms with Crippen molar-refractivity contribution in [3.05, 3.63) is 29.8 Å². The monoisotopic (exact) mass is 193 g/mol. The molecule has 0 saturated heterocycles. The van der Waals surface area contributed by atoms with E-state index in [9.17, 15) is 0 Å². The first kappa shape index (κ1) is 11.1. The second-order valence-electron chi connectivity index (χ2n) is 3.46. The molecule has 1 rings (SSSR count). The molecule has 0 bridgehead atoms. The molecule has 0 radical (unpaired) electrons. The van der Waals surface area contributed by atoms with Crippen LogP contribution in [0.4, 0.5) is 5.69 Å². The van der Waals surface area contributed by atoms with Gasteiger partial charge in [0.25, 0.3) is 0 Å². The Morgan fingerprint density at radius 3 is 2.86 bits per heavy atom. The molecule has 0 aromatic heterocycles. The van der Waals surface area contributed by atoms with Gasteiger partial charge in [-0.3, -0.25) is 0 Å². The summed E-state index contributed by atoms with van der Waals surface area (Å²) >= 11 is 0. The standard InChI is InChI=1S/C12H19NO/c1-2-3-8-14-9-7-11-5-4-6-12(13)10-11/h4-6,10H,2-3,7-9,13H2,1H3. The van der Waals surface area contributed by atoms with Crippen molar-refractivity contribution in [3.63, 3.8) is 0 Å². The molecule has 2 heteroatoms. The zero-order chi connectivity index (χ0) is 10.2. The largest absolute Gasteiger partial charge is 0.399 e. The quantitative estimate of drug-likeness (QED) is 0.557. The van der Waals surface area contributed by atoms with E-state index in [1.54, 1.807) is 0 Å². The van der Waals surface area contributed by atoms with Crippen LogP contribution in [0.1, 0.15) is 25.3 Å². The lowest BCUT2D eigenvalue weighted by atomic mass is 10.1. The van der Waals surface area contributed by atoms with E-state index in [-0.39, 0.29) is 0 Å². The van der Waals surface area contributed by atoms with Gasteiger partial charge in [0.05, 0.1) is 6.61 Å². The molecule has 0 heterocycles. The maximum absolute atomic E-state index is 5.67. The van der Waals surface area contributed by atoms with Crippen LogP contribution in [-0.4, -0.2) is 13.2 Å². The number of unbranched alkanes of at least 4 members (excludes halogenated alkanes) is 1. The van der Waals surface area contributed by atoms with Crippen LogP contribution in [-0.2, 0) is 11.2 Å². The van der Waals surface area contributed by atoms with Crippen LogP contribution >= 0.6 is 0 Å². The van der Waals surface area contributed by atoms with E-state index in [2.05, 4.69) is 13.0 Å². The summed E-state index contributed by atoms with van der Waals surface area (Å²) in [6, 6.07) is 7.97. The summed E-state index contributed by atoms with van der Waals surface area (Å²) in [4.78, 5) is 0. The first-order valence-corrected chi connectivity index (χ1v) is 5.25. The van der Waals surface area contributed by atoms with Crippen molar-refractivity contribution in [1.82, 2.24) is 0 Å². The van der Waals surface area contributed by atoms with Crippen LogP contribution in [0.3, 0.4) is 0 Å². The molecule has 0 spiro atoms. The molecule has 0 aliphatic carbocycles. The van der Waals surface area contributed by atoms with Gasteiger partial charge in [-0.2, -0.15) is 0 Å². The Balaban J connectivity index is 2.18. The Morgan fingerprint density at radius 1 is 1.29 bits per heavy atom. The third-order valence-corrected chi connectivity index (χ3v) is 2.13. The van der Waals surface area contributed by atoms with Gasteiger partial charge in [-0.1, -0.05) is 25.5 Å². The summed E-state index contributed by atoms with van der Waals surface area (Å²) in [5.74, 6) is 0. The van der Waals surface area contributed by atoms with Crippen molar-refractivity contribution in [2.45, 2.75) is 26.2 Å². The topological polar surface area (TPSA) is 35.2 Å². The van der Waals surface area contributed by atoms with Gasteiger partial charge in [-0.25, -0.2) is 0 Å². The number of nitrogens with two attached hydrogens (primary N) is 1. The van der Waals surface area contributed by atoms with Crippen molar-refractivity contribution in [2.24, 2.45) is 0 Å². The maximum atomic E-state index is 5.67. The lowest BCUT2D eigenvalue weighted by Gasteiger charge is -2.04. The van der Waals surface area contributed by atoms with E-state index < -0.39 is 0 Å². The highest BCUT2D eigenvalue weighted by Gasteiger charge is 1.93. The summed E-state index contributed by atoms with van der Waals surface area (Å²) < 4.78 is 5.48. The number of rotatable bonds is 6. The predicted octanol–water partition coefficient (Wildman–Crippen LogP) is 2.63. The fraction of sp³-hybridized carbons (Fsp3) is 0.500. The van der Waals surface area contributed by atoms with Crippen LogP contribution in [0, 0.1) is 0 Å². The van der Waals surface area contributed by atoms with Gasteiger partial charge in [-0.05, 0) is 30.5 Å². The van der Waals surface area contributed by atoms with E-state index in [0.717, 1.165) is 31.7 Å². The van der Waals surface area contributed by atoms with E-state index in [1.165, 1.54) is 12.0 Å². The number of ether oxygens (including phenoxy) is 1. The van der Waals surface area contributed by atoms with Crippen LogP contribution in [0.15, 0.2) is 24.3 Å². The molecule has 2 N–H and O–H groups in total. The SMILES string of the molecule is CCCCOCCc1cccc(N)c1. The number of nitrogen functional groups attached to an aromatic ring is 1. The summed E-state index contributed by atoms with van der Waals surface area (Å²) in [6.45, 7) is 3.84. The normalized spacial score (nSPS) is 10.4. The number of benzene rings is 1. The van der Waals surface area contributed by atoms with Crippen molar-refractivity contribution in [3.8, 4) is 0 Å². The van der Waals surface area contributed by atoms with Gasteiger partial charge in [0.15, 0.2) is 0 Å². The fourth-order valence-electron chi connectivity index (χ4n) is 1.29. The molecular formula is C12H19NO. The first-order chi connectivity index (χ1) is 6.83. The van der Waals surface area contributed by atoms with Gasteiger partial charge < -0.3 is 10.5 Å². The lowest BCUT2D eigenvalue weighted by Crippen LogP contribution is -2.00. The van der Waals surface area contributed by atoms with Gasteiger partial charge in [0.2, 0.25) is 0 Å². The fourth-order valence-corrected chi connectivity index (χ4v) is 1.29. The molecule has 1 aromatic carbocycles. The summed E-state index contributed by atoms with van der Waals surface area (Å²) in [5.41, 5.74) is 7.75. The molecule has 0 atom stereocenters. The second-order valence-corrected chi connectivity index (χ2v) is 3.46. The summed E-state index contributed by atoms with van der Waals surface area (Å²) in [6.07, 6.45) is 3.30. The Kier molecular flexibility index (Phi) is 5.08. The highest BCUT2D eigenvalue weighted by molar-refractivity contribution is 5.40. The molecule has 2 nitrogen and oxygen atoms in total. The van der Waals surface area contributed by atoms with Crippen molar-refractivity contribution in [2.75, 3.05) is 18.9 Å². The lowest BCUT2D eigenvalue weighted by molar-refractivity contribution is 0.134. The zero-order valence-corrected chi connectivity index (χ0v) is 8.83. The van der Waals surface area contributed by atoms with Crippen molar-refractivity contribution in [1.29, 1.82) is 0 Å². The van der Waals surface area contributed by atoms with E-state index in [4.69, 9.17) is 10.5 Å². The molecule has 0 fully saturated rings. The van der Waals surface area contributed by atoms with Crippen molar-refractivity contribution >= 4 is 5.69 Å². The number of hydrogen-bond donors (Lipinski definition) is 1. The van der Waals surface area contributed by atoms with E-state index in [0.29, 0.717) is 0 Å². The van der Waals surface area contributed by atoms with Crippen LogP contribution in [0.25, 0.3) is 0 Å². The second kappa shape index (κ2) is 6.44. The molecule has 0 saturated carbocycles. The number of anilines is 1. The van der Waals surface area contributed by atoms with Crippen LogP contribution < -0.4 is 5.73 Å². The third kappa shape index (κ3) is 4.28. The summed E-state index contributed by atoms with van der Waals surface area (Å²) in [5, 5.41) is 0. The van der Waals surface area contributed by atoms with Gasteiger partial charge in [0.1, 0.15) is 0 Å². The third-order valence-electron chi connectivity index (χ3n) is 2.13. The highest BCUT2D eigenvalue weighted by Crippen LogP contribution is 2.07. The van der Waals surface area contributed by atoms with Gasteiger partial charge in [-0.15, -0.1) is 0 Å². The Bertz CT molecular complexity index is 260. The molecule has 0 unspecified atom stereocenters. The highest BCUT2D eigenvalue weighted by atomic mass is 16.5. The Morgan fingerprint density at radius 2 is 2.14 bits per heavy atom. The molecule has 0 aliphatic rings. The molecular weight excluding hydrogens is 174 g/mol. The predicted molar refractivity (Wildman–Crippen MR) is 60.3 cm³/mol. The zero-order valence-electron chi connectivity index (χ0n) is 8.83. The average Bonchev–Trinajstić information content (AvgIpc) is 2.18. The molecule has 14 heavy (non-hydrogen) atoms. The maximum Gasteiger partial charge on any atom is 0.0506 e. The molecule has 1 aromatic rings. The minimum absolute atomic E-state index is 0.795.